The van der Waals surface area contributed by atoms with Crippen molar-refractivity contribution >= 4 is 0 Å². The highest BCUT2D eigenvalue weighted by Crippen LogP contribution is 2.15. The maximum atomic E-state index is 9.83. The van der Waals surface area contributed by atoms with Crippen molar-refractivity contribution in [1.82, 2.24) is 15.1 Å². The number of piperazine rings is 1. The maximum Gasteiger partial charge on any atom is 0.0831 e. The number of nitrogens with one attached hydrogen (secondary N) is 1. The highest BCUT2D eigenvalue weighted by Gasteiger charge is 2.34. The van der Waals surface area contributed by atoms with E-state index in [1.807, 2.05) is 0 Å². The highest BCUT2D eigenvalue weighted by atomic mass is 16.3. The smallest absolute Gasteiger partial charge is 0.0831 e. The van der Waals surface area contributed by atoms with Crippen molar-refractivity contribution in [2.45, 2.75) is 32.0 Å². The van der Waals surface area contributed by atoms with Crippen molar-refractivity contribution in [3.63, 3.8) is 0 Å². The van der Waals surface area contributed by atoms with Gasteiger partial charge in [0.1, 0.15) is 0 Å². The second kappa shape index (κ2) is 4.78. The lowest BCUT2D eigenvalue weighted by Crippen LogP contribution is -2.57. The van der Waals surface area contributed by atoms with E-state index in [1.54, 1.807) is 0 Å². The molecule has 3 atom stereocenters. The van der Waals surface area contributed by atoms with Gasteiger partial charge in [0.15, 0.2) is 0 Å². The van der Waals surface area contributed by atoms with Gasteiger partial charge in [-0.25, -0.2) is 0 Å². The zero-order chi connectivity index (χ0) is 10.8. The van der Waals surface area contributed by atoms with Gasteiger partial charge in [-0.3, -0.25) is 9.80 Å². The Kier molecular flexibility index (Phi) is 3.61. The van der Waals surface area contributed by atoms with Crippen LogP contribution >= 0.6 is 0 Å². The number of hydrogen-bond acceptors (Lipinski definition) is 4. The fourth-order valence-corrected chi connectivity index (χ4v) is 2.82. The summed E-state index contributed by atoms with van der Waals surface area (Å²) in [6, 6.07) is 0.961. The Hall–Kier alpha value is -0.160. The standard InChI is InChI=1S/C11H23N3O/c1-3-13-4-5-14(8-9(13)2)10-6-12-7-11(10)15/h9-12,15H,3-8H2,1-2H3. The Morgan fingerprint density at radius 3 is 2.67 bits per heavy atom. The molecular formula is C11H23N3O. The minimum absolute atomic E-state index is 0.176. The maximum absolute atomic E-state index is 9.83. The van der Waals surface area contributed by atoms with Gasteiger partial charge < -0.3 is 10.4 Å². The van der Waals surface area contributed by atoms with Crippen LogP contribution < -0.4 is 5.32 Å². The first kappa shape index (κ1) is 11.3. The van der Waals surface area contributed by atoms with E-state index in [0.717, 1.165) is 39.3 Å². The first-order valence-electron chi connectivity index (χ1n) is 6.09. The minimum atomic E-state index is -0.176. The van der Waals surface area contributed by atoms with E-state index in [4.69, 9.17) is 0 Å². The number of rotatable bonds is 2. The highest BCUT2D eigenvalue weighted by molar-refractivity contribution is 4.92. The topological polar surface area (TPSA) is 38.7 Å². The van der Waals surface area contributed by atoms with Crippen molar-refractivity contribution in [2.75, 3.05) is 39.3 Å². The molecule has 2 aliphatic heterocycles. The molecule has 0 spiro atoms. The molecule has 2 fully saturated rings. The number of β-amino-alcohol motifs (C(OH)–C–C–N with tert-alkyl or cyclic N) is 1. The fraction of sp³-hybridized carbons (Fsp3) is 1.00. The molecule has 88 valence electrons. The van der Waals surface area contributed by atoms with Crippen LogP contribution in [0.25, 0.3) is 0 Å². The van der Waals surface area contributed by atoms with Gasteiger partial charge in [-0.1, -0.05) is 6.92 Å². The first-order chi connectivity index (χ1) is 7.22. The summed E-state index contributed by atoms with van der Waals surface area (Å²) < 4.78 is 0. The molecule has 3 unspecified atom stereocenters. The third-order valence-electron chi connectivity index (χ3n) is 3.82. The average molecular weight is 213 g/mol. The van der Waals surface area contributed by atoms with Crippen molar-refractivity contribution < 1.29 is 5.11 Å². The van der Waals surface area contributed by atoms with Gasteiger partial charge >= 0.3 is 0 Å². The van der Waals surface area contributed by atoms with E-state index in [0.29, 0.717) is 12.1 Å². The van der Waals surface area contributed by atoms with Gasteiger partial charge in [-0.05, 0) is 13.5 Å². The second-order valence-corrected chi connectivity index (χ2v) is 4.77. The summed E-state index contributed by atoms with van der Waals surface area (Å²) in [7, 11) is 0. The Morgan fingerprint density at radius 2 is 2.13 bits per heavy atom. The van der Waals surface area contributed by atoms with Crippen molar-refractivity contribution in [3.05, 3.63) is 0 Å². The Morgan fingerprint density at radius 1 is 1.33 bits per heavy atom. The van der Waals surface area contributed by atoms with E-state index in [2.05, 4.69) is 29.0 Å². The lowest BCUT2D eigenvalue weighted by Gasteiger charge is -2.42. The number of nitrogens with zero attached hydrogens (tertiary/aromatic N) is 2. The molecule has 0 amide bonds. The first-order valence-corrected chi connectivity index (χ1v) is 6.09. The largest absolute Gasteiger partial charge is 0.390 e. The van der Waals surface area contributed by atoms with Crippen LogP contribution in [0.4, 0.5) is 0 Å². The van der Waals surface area contributed by atoms with Crippen LogP contribution in [0.2, 0.25) is 0 Å². The van der Waals surface area contributed by atoms with E-state index in [-0.39, 0.29) is 6.10 Å². The van der Waals surface area contributed by atoms with E-state index < -0.39 is 0 Å². The molecule has 4 heteroatoms. The number of aliphatic hydroxyl groups is 1. The van der Waals surface area contributed by atoms with Crippen molar-refractivity contribution in [3.8, 4) is 0 Å². The van der Waals surface area contributed by atoms with Gasteiger partial charge in [-0.2, -0.15) is 0 Å². The summed E-state index contributed by atoms with van der Waals surface area (Å²) in [6.45, 7) is 10.7. The quantitative estimate of drug-likeness (QED) is 0.639. The van der Waals surface area contributed by atoms with Gasteiger partial charge in [0.05, 0.1) is 6.10 Å². The summed E-state index contributed by atoms with van der Waals surface area (Å²) in [6.07, 6.45) is -0.176. The predicted octanol–water partition coefficient (Wildman–Crippen LogP) is -0.655. The molecule has 2 heterocycles. The SMILES string of the molecule is CCN1CCN(C2CNCC2O)CC1C. The number of aliphatic hydroxyl groups excluding tert-OH is 1. The van der Waals surface area contributed by atoms with Crippen molar-refractivity contribution in [2.24, 2.45) is 0 Å². The molecule has 0 bridgehead atoms. The zero-order valence-electron chi connectivity index (χ0n) is 9.82. The second-order valence-electron chi connectivity index (χ2n) is 4.77. The lowest BCUT2D eigenvalue weighted by atomic mass is 10.1. The summed E-state index contributed by atoms with van der Waals surface area (Å²) in [5, 5.41) is 13.1. The molecule has 0 aromatic heterocycles. The molecule has 2 N–H and O–H groups in total. The van der Waals surface area contributed by atoms with Gasteiger partial charge in [0, 0.05) is 44.8 Å². The van der Waals surface area contributed by atoms with E-state index in [9.17, 15) is 5.11 Å². The third kappa shape index (κ3) is 2.33. The van der Waals surface area contributed by atoms with Crippen LogP contribution in [0.1, 0.15) is 13.8 Å². The minimum Gasteiger partial charge on any atom is -0.390 e. The Labute approximate surface area is 92.2 Å². The fourth-order valence-electron chi connectivity index (χ4n) is 2.82. The Balaban J connectivity index is 1.90. The molecule has 2 saturated heterocycles. The molecule has 2 rings (SSSR count). The van der Waals surface area contributed by atoms with Crippen LogP contribution in [-0.4, -0.2) is 72.4 Å². The van der Waals surface area contributed by atoms with Crippen LogP contribution in [0.15, 0.2) is 0 Å². The van der Waals surface area contributed by atoms with Gasteiger partial charge in [-0.15, -0.1) is 0 Å². The Bertz CT molecular complexity index is 212. The van der Waals surface area contributed by atoms with Crippen LogP contribution in [0, 0.1) is 0 Å². The molecule has 0 radical (unpaired) electrons. The molecule has 15 heavy (non-hydrogen) atoms. The zero-order valence-corrected chi connectivity index (χ0v) is 9.82. The summed E-state index contributed by atoms with van der Waals surface area (Å²) in [4.78, 5) is 4.95. The van der Waals surface area contributed by atoms with Gasteiger partial charge in [0.2, 0.25) is 0 Å². The third-order valence-corrected chi connectivity index (χ3v) is 3.82. The molecule has 0 aromatic carbocycles. The summed E-state index contributed by atoms with van der Waals surface area (Å²) >= 11 is 0. The van der Waals surface area contributed by atoms with Crippen LogP contribution in [0.3, 0.4) is 0 Å². The molecule has 4 nitrogen and oxygen atoms in total. The van der Waals surface area contributed by atoms with E-state index in [1.165, 1.54) is 0 Å². The molecule has 0 aromatic rings. The van der Waals surface area contributed by atoms with Crippen molar-refractivity contribution in [1.29, 1.82) is 0 Å². The molecule has 2 aliphatic rings. The van der Waals surface area contributed by atoms with E-state index >= 15 is 0 Å². The van der Waals surface area contributed by atoms with Crippen LogP contribution in [0.5, 0.6) is 0 Å². The average Bonchev–Trinajstić information content (AvgIpc) is 2.64. The summed E-state index contributed by atoms with van der Waals surface area (Å²) in [5.41, 5.74) is 0. The van der Waals surface area contributed by atoms with Crippen LogP contribution in [-0.2, 0) is 0 Å². The molecule has 0 aliphatic carbocycles. The number of likely N-dealkylation sites (N-methyl/N-ethyl adjacent to an activating group) is 1. The normalized spacial score (nSPS) is 39.8. The number of hydrogen-bond donors (Lipinski definition) is 2. The lowest BCUT2D eigenvalue weighted by molar-refractivity contribution is 0.0224. The van der Waals surface area contributed by atoms with Gasteiger partial charge in [0.25, 0.3) is 0 Å². The molecule has 0 saturated carbocycles. The molecular weight excluding hydrogens is 190 g/mol. The summed E-state index contributed by atoms with van der Waals surface area (Å²) in [5.74, 6) is 0. The predicted molar refractivity (Wildman–Crippen MR) is 60.9 cm³/mol. The monoisotopic (exact) mass is 213 g/mol.